The summed E-state index contributed by atoms with van der Waals surface area (Å²) in [5.74, 6) is -0.235. The van der Waals surface area contributed by atoms with Crippen molar-refractivity contribution in [1.82, 2.24) is 9.55 Å². The maximum Gasteiger partial charge on any atom is 0.111 e. The van der Waals surface area contributed by atoms with Crippen LogP contribution in [0.15, 0.2) is 139 Å². The fraction of sp³-hybridized carbons (Fsp3) is 0.0263. The van der Waals surface area contributed by atoms with E-state index in [4.69, 9.17) is 9.60 Å². The number of hydrogen-bond acceptors (Lipinski definition) is 1. The Hall–Kier alpha value is -5.21. The normalized spacial score (nSPS) is 15.8. The van der Waals surface area contributed by atoms with Crippen molar-refractivity contribution in [3.8, 4) is 27.9 Å². The lowest BCUT2D eigenvalue weighted by molar-refractivity contribution is 1.00. The van der Waals surface area contributed by atoms with Crippen molar-refractivity contribution >= 4 is 43.4 Å². The highest BCUT2D eigenvalue weighted by atomic mass is 15.1. The van der Waals surface area contributed by atoms with E-state index in [1.165, 1.54) is 4.57 Å². The van der Waals surface area contributed by atoms with E-state index in [-0.39, 0.29) is 50.6 Å². The Morgan fingerprint density at radius 1 is 0.625 bits per heavy atom. The molecule has 8 aromatic rings. The zero-order valence-corrected chi connectivity index (χ0v) is 21.1. The average molecular weight is 522 g/mol. The van der Waals surface area contributed by atoms with Gasteiger partial charge < -0.3 is 0 Å². The van der Waals surface area contributed by atoms with Gasteiger partial charge in [-0.15, -0.1) is 0 Å². The molecule has 0 aliphatic carbocycles. The minimum Gasteiger partial charge on any atom is -0.296 e. The van der Waals surface area contributed by atoms with Gasteiger partial charge >= 0.3 is 0 Å². The molecule has 0 aliphatic rings. The molecule has 188 valence electrons. The van der Waals surface area contributed by atoms with Crippen LogP contribution >= 0.6 is 0 Å². The second-order valence-electron chi connectivity index (χ2n) is 9.59. The summed E-state index contributed by atoms with van der Waals surface area (Å²) in [6.07, 6.45) is 0. The number of rotatable bonds is 3. The van der Waals surface area contributed by atoms with E-state index < -0.39 is 43.1 Å². The number of fused-ring (bicyclic) bond motifs is 4. The molecule has 7 aromatic carbocycles. The highest BCUT2D eigenvalue weighted by Gasteiger charge is 2.20. The molecule has 0 unspecified atom stereocenters. The molecule has 0 spiro atoms. The van der Waals surface area contributed by atoms with Crippen LogP contribution in [0.4, 0.5) is 0 Å². The molecule has 0 bridgehead atoms. The van der Waals surface area contributed by atoms with Crippen molar-refractivity contribution in [3.05, 3.63) is 145 Å². The Morgan fingerprint density at radius 2 is 1.25 bits per heavy atom. The van der Waals surface area contributed by atoms with Gasteiger partial charge in [0.15, 0.2) is 0 Å². The Balaban J connectivity index is 1.66. The minimum atomic E-state index is -2.66. The molecule has 1 heterocycles. The maximum absolute atomic E-state index is 9.33. The lowest BCUT2D eigenvalue weighted by Crippen LogP contribution is -2.00. The van der Waals surface area contributed by atoms with Crippen molar-refractivity contribution in [2.45, 2.75) is 6.85 Å². The maximum atomic E-state index is 9.33. The van der Waals surface area contributed by atoms with Gasteiger partial charge in [0, 0.05) is 9.68 Å². The van der Waals surface area contributed by atoms with Crippen LogP contribution in [0.25, 0.3) is 71.3 Å². The van der Waals surface area contributed by atoms with E-state index in [0.717, 1.165) is 10.8 Å². The van der Waals surface area contributed by atoms with E-state index in [0.29, 0.717) is 27.8 Å². The molecule has 0 amide bonds. The van der Waals surface area contributed by atoms with Gasteiger partial charge in [-0.3, -0.25) is 4.57 Å². The third-order valence-electron chi connectivity index (χ3n) is 7.39. The van der Waals surface area contributed by atoms with Gasteiger partial charge in [0.2, 0.25) is 0 Å². The molecule has 2 nitrogen and oxygen atoms in total. The topological polar surface area (TPSA) is 17.8 Å². The predicted molar refractivity (Wildman–Crippen MR) is 169 cm³/mol. The molecule has 8 rings (SSSR count). The quantitative estimate of drug-likeness (QED) is 0.211. The second-order valence-corrected chi connectivity index (χ2v) is 9.59. The number of benzene rings is 7. The summed E-state index contributed by atoms with van der Waals surface area (Å²) in [6.45, 7) is -2.66. The van der Waals surface area contributed by atoms with Gasteiger partial charge in [-0.25, -0.2) is 4.98 Å². The van der Waals surface area contributed by atoms with E-state index in [2.05, 4.69) is 4.98 Å². The molecule has 0 atom stereocenters. The molecule has 0 aliphatic heterocycles. The summed E-state index contributed by atoms with van der Waals surface area (Å²) < 4.78 is 98.9. The van der Waals surface area contributed by atoms with Gasteiger partial charge in [0.25, 0.3) is 0 Å². The summed E-state index contributed by atoms with van der Waals surface area (Å²) in [7, 11) is 0. The van der Waals surface area contributed by atoms with Gasteiger partial charge in [-0.2, -0.15) is 0 Å². The highest BCUT2D eigenvalue weighted by Crippen LogP contribution is 2.45. The third kappa shape index (κ3) is 3.40. The Bertz CT molecular complexity index is 2700. The average Bonchev–Trinajstić information content (AvgIpc) is 3.53. The minimum absolute atomic E-state index is 0.0361. The number of aromatic nitrogens is 2. The SMILES string of the molecule is [2H]c1c([2H])c([2H])c2c(-c3ccccc3-n3c(C([2H])([2H])[2H])nc4ccccc43)c3c([2H])c([2H])c([2H])c([2H])c3c(-c3ccc4ccccc4c3)c2c1[2H]. The van der Waals surface area contributed by atoms with Crippen molar-refractivity contribution < 1.29 is 15.1 Å². The molecule has 1 aromatic heterocycles. The molecule has 0 radical (unpaired) electrons. The van der Waals surface area contributed by atoms with Crippen LogP contribution in [0.1, 0.15) is 20.9 Å². The van der Waals surface area contributed by atoms with Crippen molar-refractivity contribution in [3.63, 3.8) is 0 Å². The number of aryl methyl sites for hydroxylation is 1. The first-order valence-corrected chi connectivity index (χ1v) is 12.8. The first-order chi connectivity index (χ1) is 24.3. The summed E-state index contributed by atoms with van der Waals surface area (Å²) in [4.78, 5) is 4.47. The summed E-state index contributed by atoms with van der Waals surface area (Å²) in [5.41, 5.74) is 2.35. The van der Waals surface area contributed by atoms with Crippen LogP contribution in [0.2, 0.25) is 0 Å². The molecule has 0 N–H and O–H groups in total. The second kappa shape index (κ2) is 8.93. The van der Waals surface area contributed by atoms with E-state index in [9.17, 15) is 5.48 Å². The zero-order chi connectivity index (χ0) is 36.1. The van der Waals surface area contributed by atoms with E-state index >= 15 is 0 Å². The fourth-order valence-corrected chi connectivity index (χ4v) is 5.68. The Labute approximate surface area is 248 Å². The van der Waals surface area contributed by atoms with Gasteiger partial charge in [-0.05, 0) is 80.1 Å². The largest absolute Gasteiger partial charge is 0.296 e. The van der Waals surface area contributed by atoms with Crippen LogP contribution in [0.5, 0.6) is 0 Å². The lowest BCUT2D eigenvalue weighted by Gasteiger charge is -2.20. The van der Waals surface area contributed by atoms with E-state index in [1.54, 1.807) is 54.6 Å². The van der Waals surface area contributed by atoms with Crippen LogP contribution in [0, 0.1) is 6.85 Å². The van der Waals surface area contributed by atoms with Gasteiger partial charge in [0.05, 0.1) is 27.7 Å². The molecule has 2 heteroatoms. The first-order valence-electron chi connectivity index (χ1n) is 18.3. The predicted octanol–water partition coefficient (Wildman–Crippen LogP) is 10.1. The van der Waals surface area contributed by atoms with Crippen LogP contribution < -0.4 is 0 Å². The lowest BCUT2D eigenvalue weighted by atomic mass is 9.85. The molecule has 0 saturated carbocycles. The Kier molecular flexibility index (Phi) is 3.18. The molecule has 40 heavy (non-hydrogen) atoms. The van der Waals surface area contributed by atoms with Crippen LogP contribution in [0.3, 0.4) is 0 Å². The summed E-state index contributed by atoms with van der Waals surface area (Å²) in [6, 6.07) is 23.1. The summed E-state index contributed by atoms with van der Waals surface area (Å²) in [5, 5.41) is 1.97. The number of hydrogen-bond donors (Lipinski definition) is 0. The zero-order valence-electron chi connectivity index (χ0n) is 32.1. The molecule has 0 saturated heterocycles. The van der Waals surface area contributed by atoms with E-state index in [1.807, 2.05) is 36.4 Å². The monoisotopic (exact) mass is 521 g/mol. The number of imidazole rings is 1. The van der Waals surface area contributed by atoms with Gasteiger partial charge in [0.1, 0.15) is 5.82 Å². The van der Waals surface area contributed by atoms with Crippen LogP contribution in [-0.2, 0) is 0 Å². The third-order valence-corrected chi connectivity index (χ3v) is 7.39. The number of nitrogens with zero attached hydrogens (tertiary/aromatic N) is 2. The molecular weight excluding hydrogens is 484 g/mol. The van der Waals surface area contributed by atoms with Crippen molar-refractivity contribution in [2.75, 3.05) is 0 Å². The fourth-order valence-electron chi connectivity index (χ4n) is 5.68. The molecule has 0 fully saturated rings. The molecular formula is C38H26N2. The highest BCUT2D eigenvalue weighted by molar-refractivity contribution is 6.22. The smallest absolute Gasteiger partial charge is 0.111 e. The van der Waals surface area contributed by atoms with Crippen LogP contribution in [-0.4, -0.2) is 9.55 Å². The number of para-hydroxylation sites is 3. The van der Waals surface area contributed by atoms with Gasteiger partial charge in [-0.1, -0.05) is 115 Å². The first kappa shape index (κ1) is 14.3. The van der Waals surface area contributed by atoms with Crippen molar-refractivity contribution in [2.24, 2.45) is 0 Å². The standard InChI is InChI=1S/C38H26N2/c1-25-39-34-19-9-11-21-36(34)40(25)35-20-10-8-18-33(35)38-31-16-6-4-14-29(31)37(30-15-5-7-17-32(30)38)28-23-22-26-12-2-3-13-27(26)24-28/h2-24H,1H3/i1D3,4D,5D,6D,7D,14D,15D,16D,17D. The summed E-state index contributed by atoms with van der Waals surface area (Å²) >= 11 is 0. The van der Waals surface area contributed by atoms with Crippen molar-refractivity contribution in [1.29, 1.82) is 0 Å². The Morgan fingerprint density at radius 3 is 2.00 bits per heavy atom.